The van der Waals surface area contributed by atoms with Crippen molar-refractivity contribution in [1.29, 1.82) is 0 Å². The summed E-state index contributed by atoms with van der Waals surface area (Å²) in [6.07, 6.45) is 13.5. The Balaban J connectivity index is 0.000000233. The number of imidazole rings is 1. The van der Waals surface area contributed by atoms with Crippen LogP contribution in [0.5, 0.6) is 0 Å². The number of nitrogens with zero attached hydrogens (tertiary/aromatic N) is 6. The maximum Gasteiger partial charge on any atom is 0.137 e. The molecular weight excluding hydrogens is 386 g/mol. The first-order valence-corrected chi connectivity index (χ1v) is 11.6. The molecule has 3 aromatic heterocycles. The molecule has 174 valence electrons. The third-order valence-electron chi connectivity index (χ3n) is 4.80. The molecule has 0 radical (unpaired) electrons. The first-order chi connectivity index (χ1) is 14.8. The minimum absolute atomic E-state index is 0.740. The van der Waals surface area contributed by atoms with Gasteiger partial charge >= 0.3 is 0 Å². The average Bonchev–Trinajstić information content (AvgIpc) is 3.47. The van der Waals surface area contributed by atoms with Crippen molar-refractivity contribution < 1.29 is 0 Å². The predicted molar refractivity (Wildman–Crippen MR) is 128 cm³/mol. The number of aromatic amines is 1. The van der Waals surface area contributed by atoms with Gasteiger partial charge in [0, 0.05) is 36.9 Å². The van der Waals surface area contributed by atoms with E-state index in [1.165, 1.54) is 30.7 Å². The highest BCUT2D eigenvalue weighted by Gasteiger charge is 1.98. The lowest BCUT2D eigenvalue weighted by atomic mass is 10.1. The van der Waals surface area contributed by atoms with Gasteiger partial charge in [0.25, 0.3) is 0 Å². The fourth-order valence-electron chi connectivity index (χ4n) is 2.62. The summed E-state index contributed by atoms with van der Waals surface area (Å²) in [5.41, 5.74) is 2.50. The zero-order valence-electron chi connectivity index (χ0n) is 20.6. The highest BCUT2D eigenvalue weighted by molar-refractivity contribution is 4.96. The third kappa shape index (κ3) is 13.5. The number of aryl methyl sites for hydroxylation is 4. The van der Waals surface area contributed by atoms with Gasteiger partial charge in [0.2, 0.25) is 0 Å². The summed E-state index contributed by atoms with van der Waals surface area (Å²) >= 11 is 0. The molecule has 0 aliphatic rings. The molecular formula is C24H43N7. The second-order valence-electron chi connectivity index (χ2n) is 9.23. The third-order valence-corrected chi connectivity index (χ3v) is 4.80. The first-order valence-electron chi connectivity index (χ1n) is 11.6. The van der Waals surface area contributed by atoms with Crippen molar-refractivity contribution in [2.45, 2.75) is 87.2 Å². The van der Waals surface area contributed by atoms with Crippen molar-refractivity contribution in [3.05, 3.63) is 48.8 Å². The Hall–Kier alpha value is -2.44. The molecule has 0 saturated heterocycles. The van der Waals surface area contributed by atoms with Crippen LogP contribution < -0.4 is 0 Å². The van der Waals surface area contributed by atoms with Crippen LogP contribution >= 0.6 is 0 Å². The summed E-state index contributed by atoms with van der Waals surface area (Å²) in [4.78, 5) is 10.9. The van der Waals surface area contributed by atoms with Gasteiger partial charge in [0.05, 0.1) is 6.33 Å². The molecule has 0 unspecified atom stereocenters. The second kappa shape index (κ2) is 15.4. The molecule has 0 spiro atoms. The Morgan fingerprint density at radius 1 is 0.871 bits per heavy atom. The van der Waals surface area contributed by atoms with E-state index in [0.29, 0.717) is 0 Å². The standard InChI is InChI=1S/C9H16N2.C8H14N2.C7H13N3/c1-8(2)5-7-11-9(3)4-6-10-11;1-7(2)3-4-8-5-9-6-10-8;1-7(2)3-4-10-6-8-5-9-10/h4,6,8H,5,7H2,1-3H3;5-7H,3-4H2,1-2H3,(H,9,10);5-7H,3-4H2,1-2H3. The van der Waals surface area contributed by atoms with Crippen LogP contribution in [0.3, 0.4) is 0 Å². The van der Waals surface area contributed by atoms with Gasteiger partial charge in [-0.15, -0.1) is 0 Å². The fourth-order valence-corrected chi connectivity index (χ4v) is 2.62. The second-order valence-corrected chi connectivity index (χ2v) is 9.23. The smallest absolute Gasteiger partial charge is 0.137 e. The van der Waals surface area contributed by atoms with Crippen molar-refractivity contribution in [3.63, 3.8) is 0 Å². The van der Waals surface area contributed by atoms with Crippen LogP contribution in [0.4, 0.5) is 0 Å². The quantitative estimate of drug-likeness (QED) is 0.483. The molecule has 0 bridgehead atoms. The highest BCUT2D eigenvalue weighted by atomic mass is 15.3. The van der Waals surface area contributed by atoms with E-state index >= 15 is 0 Å². The molecule has 0 aromatic carbocycles. The van der Waals surface area contributed by atoms with Crippen molar-refractivity contribution >= 4 is 0 Å². The molecule has 0 amide bonds. The number of rotatable bonds is 9. The highest BCUT2D eigenvalue weighted by Crippen LogP contribution is 2.05. The maximum absolute atomic E-state index is 4.20. The lowest BCUT2D eigenvalue weighted by molar-refractivity contribution is 0.480. The Kier molecular flexibility index (Phi) is 13.2. The van der Waals surface area contributed by atoms with E-state index in [2.05, 4.69) is 78.3 Å². The molecule has 0 aliphatic heterocycles. The van der Waals surface area contributed by atoms with Crippen LogP contribution in [0.2, 0.25) is 0 Å². The minimum atomic E-state index is 0.740. The lowest BCUT2D eigenvalue weighted by Crippen LogP contribution is -2.04. The molecule has 0 saturated carbocycles. The molecule has 0 atom stereocenters. The number of hydrogen-bond donors (Lipinski definition) is 1. The van der Waals surface area contributed by atoms with Crippen LogP contribution in [-0.4, -0.2) is 34.5 Å². The van der Waals surface area contributed by atoms with Gasteiger partial charge in [-0.25, -0.2) is 9.97 Å². The molecule has 3 rings (SSSR count). The summed E-state index contributed by atoms with van der Waals surface area (Å²) in [6, 6.07) is 2.04. The van der Waals surface area contributed by atoms with E-state index < -0.39 is 0 Å². The maximum atomic E-state index is 4.20. The summed E-state index contributed by atoms with van der Waals surface area (Å²) in [6.45, 7) is 17.5. The van der Waals surface area contributed by atoms with Gasteiger partial charge in [0.15, 0.2) is 0 Å². The average molecular weight is 430 g/mol. The van der Waals surface area contributed by atoms with Gasteiger partial charge in [-0.2, -0.15) is 10.2 Å². The molecule has 1 N–H and O–H groups in total. The van der Waals surface area contributed by atoms with E-state index in [9.17, 15) is 0 Å². The Morgan fingerprint density at radius 3 is 2.03 bits per heavy atom. The van der Waals surface area contributed by atoms with Gasteiger partial charge in [-0.05, 0) is 56.4 Å². The molecule has 3 aromatic rings. The number of aromatic nitrogens is 7. The molecule has 7 heteroatoms. The number of nitrogens with one attached hydrogen (secondary N) is 1. The largest absolute Gasteiger partial charge is 0.348 e. The van der Waals surface area contributed by atoms with Crippen LogP contribution in [0, 0.1) is 24.7 Å². The van der Waals surface area contributed by atoms with Crippen LogP contribution in [0.1, 0.15) is 72.2 Å². The van der Waals surface area contributed by atoms with Crippen molar-refractivity contribution in [2.24, 2.45) is 17.8 Å². The van der Waals surface area contributed by atoms with Crippen molar-refractivity contribution in [2.75, 3.05) is 0 Å². The van der Waals surface area contributed by atoms with E-state index in [1.807, 2.05) is 23.1 Å². The van der Waals surface area contributed by atoms with Gasteiger partial charge in [-0.3, -0.25) is 9.36 Å². The minimum Gasteiger partial charge on any atom is -0.348 e. The molecule has 31 heavy (non-hydrogen) atoms. The van der Waals surface area contributed by atoms with Gasteiger partial charge in [0.1, 0.15) is 12.7 Å². The fraction of sp³-hybridized carbons (Fsp3) is 0.667. The van der Waals surface area contributed by atoms with Crippen LogP contribution in [-0.2, 0) is 19.5 Å². The van der Waals surface area contributed by atoms with Gasteiger partial charge in [-0.1, -0.05) is 41.5 Å². The summed E-state index contributed by atoms with van der Waals surface area (Å²) in [5.74, 6) is 2.28. The van der Waals surface area contributed by atoms with Crippen LogP contribution in [0.15, 0.2) is 37.4 Å². The molecule has 3 heterocycles. The zero-order valence-corrected chi connectivity index (χ0v) is 20.6. The van der Waals surface area contributed by atoms with Crippen molar-refractivity contribution in [1.82, 2.24) is 34.5 Å². The Bertz CT molecular complexity index is 714. The molecule has 7 nitrogen and oxygen atoms in total. The van der Waals surface area contributed by atoms with Crippen molar-refractivity contribution in [3.8, 4) is 0 Å². The Morgan fingerprint density at radius 2 is 1.55 bits per heavy atom. The zero-order chi connectivity index (χ0) is 23.1. The summed E-state index contributed by atoms with van der Waals surface area (Å²) in [5, 5.41) is 8.20. The van der Waals surface area contributed by atoms with E-state index in [-0.39, 0.29) is 0 Å². The lowest BCUT2D eigenvalue weighted by Gasteiger charge is -2.05. The molecule has 0 aliphatic carbocycles. The number of hydrogen-bond acceptors (Lipinski definition) is 4. The van der Waals surface area contributed by atoms with Gasteiger partial charge < -0.3 is 4.98 Å². The van der Waals surface area contributed by atoms with E-state index in [0.717, 1.165) is 37.3 Å². The first kappa shape index (κ1) is 26.6. The monoisotopic (exact) mass is 429 g/mol. The van der Waals surface area contributed by atoms with Crippen LogP contribution in [0.25, 0.3) is 0 Å². The number of H-pyrrole nitrogens is 1. The normalized spacial score (nSPS) is 10.8. The van der Waals surface area contributed by atoms with E-state index in [4.69, 9.17) is 0 Å². The predicted octanol–water partition coefficient (Wildman–Crippen LogP) is 5.56. The van der Waals surface area contributed by atoms with E-state index in [1.54, 1.807) is 19.0 Å². The Labute approximate surface area is 188 Å². The topological polar surface area (TPSA) is 77.2 Å². The molecule has 0 fully saturated rings. The summed E-state index contributed by atoms with van der Waals surface area (Å²) < 4.78 is 3.92. The summed E-state index contributed by atoms with van der Waals surface area (Å²) in [7, 11) is 0. The SMILES string of the molecule is CC(C)CCc1cnc[nH]1.CC(C)CCn1cncn1.Cc1ccnn1CCC(C)C.